The van der Waals surface area contributed by atoms with Crippen molar-refractivity contribution in [2.45, 2.75) is 0 Å². The molecular formula is C13H14Cl2N4O. The van der Waals surface area contributed by atoms with Crippen LogP contribution in [0.5, 0.6) is 0 Å². The SMILES string of the molecule is O=c1[nH]ccc2c(N3CC[N+](CCCl)=N3)cccc12.[Cl-]. The summed E-state index contributed by atoms with van der Waals surface area (Å²) in [4.78, 5) is 14.5. The molecule has 0 bridgehead atoms. The number of nitrogens with zero attached hydrogens (tertiary/aromatic N) is 3. The third-order valence-electron chi connectivity index (χ3n) is 3.22. The summed E-state index contributed by atoms with van der Waals surface area (Å²) in [6, 6.07) is 7.60. The van der Waals surface area contributed by atoms with Crippen molar-refractivity contribution in [3.05, 3.63) is 40.8 Å². The quantitative estimate of drug-likeness (QED) is 0.582. The number of anilines is 1. The molecule has 20 heavy (non-hydrogen) atoms. The molecule has 106 valence electrons. The highest BCUT2D eigenvalue weighted by molar-refractivity contribution is 6.17. The Morgan fingerprint density at radius 1 is 1.35 bits per heavy atom. The summed E-state index contributed by atoms with van der Waals surface area (Å²) < 4.78 is 1.94. The second kappa shape index (κ2) is 6.24. The first-order valence-electron chi connectivity index (χ1n) is 6.20. The second-order valence-electron chi connectivity index (χ2n) is 4.40. The predicted molar refractivity (Wildman–Crippen MR) is 75.1 cm³/mol. The van der Waals surface area contributed by atoms with Crippen molar-refractivity contribution in [3.8, 4) is 0 Å². The minimum Gasteiger partial charge on any atom is -1.00 e. The van der Waals surface area contributed by atoms with Crippen molar-refractivity contribution in [1.29, 1.82) is 0 Å². The van der Waals surface area contributed by atoms with Gasteiger partial charge < -0.3 is 17.4 Å². The number of rotatable bonds is 3. The van der Waals surface area contributed by atoms with E-state index in [1.165, 1.54) is 0 Å². The first kappa shape index (κ1) is 14.8. The van der Waals surface area contributed by atoms with Gasteiger partial charge in [-0.05, 0) is 18.2 Å². The van der Waals surface area contributed by atoms with E-state index in [4.69, 9.17) is 11.6 Å². The topological polar surface area (TPSA) is 51.5 Å². The van der Waals surface area contributed by atoms with Gasteiger partial charge in [-0.25, -0.2) is 0 Å². The van der Waals surface area contributed by atoms with Crippen LogP contribution in [0, 0.1) is 0 Å². The smallest absolute Gasteiger partial charge is 0.255 e. The predicted octanol–water partition coefficient (Wildman–Crippen LogP) is -1.03. The molecule has 1 aromatic heterocycles. The first-order chi connectivity index (χ1) is 9.29. The highest BCUT2D eigenvalue weighted by atomic mass is 35.5. The number of alkyl halides is 1. The fourth-order valence-electron chi connectivity index (χ4n) is 2.30. The van der Waals surface area contributed by atoms with E-state index in [9.17, 15) is 4.79 Å². The molecule has 0 aliphatic carbocycles. The van der Waals surface area contributed by atoms with Gasteiger partial charge in [-0.15, -0.1) is 16.6 Å². The van der Waals surface area contributed by atoms with Gasteiger partial charge in [0, 0.05) is 11.6 Å². The molecule has 0 radical (unpaired) electrons. The largest absolute Gasteiger partial charge is 1.00 e. The lowest BCUT2D eigenvalue weighted by atomic mass is 10.1. The maximum Gasteiger partial charge on any atom is 0.255 e. The van der Waals surface area contributed by atoms with Gasteiger partial charge in [0.25, 0.3) is 5.56 Å². The number of pyridine rings is 1. The van der Waals surface area contributed by atoms with E-state index < -0.39 is 0 Å². The number of halogens is 2. The van der Waals surface area contributed by atoms with Crippen LogP contribution in [0.2, 0.25) is 0 Å². The zero-order valence-corrected chi connectivity index (χ0v) is 12.2. The molecule has 5 nitrogen and oxygen atoms in total. The summed E-state index contributed by atoms with van der Waals surface area (Å²) in [7, 11) is 0. The molecule has 0 spiro atoms. The molecule has 7 heteroatoms. The normalized spacial score (nSPS) is 14.2. The van der Waals surface area contributed by atoms with E-state index >= 15 is 0 Å². The van der Waals surface area contributed by atoms with E-state index in [1.807, 2.05) is 34.0 Å². The van der Waals surface area contributed by atoms with Crippen LogP contribution < -0.4 is 23.0 Å². The lowest BCUT2D eigenvalue weighted by molar-refractivity contribution is -0.575. The van der Waals surface area contributed by atoms with Crippen LogP contribution >= 0.6 is 11.6 Å². The van der Waals surface area contributed by atoms with Crippen LogP contribution in [0.4, 0.5) is 5.69 Å². The van der Waals surface area contributed by atoms with Gasteiger partial charge in [-0.1, -0.05) is 6.07 Å². The maximum absolute atomic E-state index is 11.8. The third kappa shape index (κ3) is 2.64. The highest BCUT2D eigenvalue weighted by Gasteiger charge is 2.25. The molecule has 0 atom stereocenters. The summed E-state index contributed by atoms with van der Waals surface area (Å²) in [6.07, 6.45) is 1.67. The van der Waals surface area contributed by atoms with Crippen LogP contribution in [0.15, 0.2) is 40.5 Å². The van der Waals surface area contributed by atoms with Gasteiger partial charge in [0.05, 0.1) is 16.5 Å². The molecule has 2 aromatic rings. The Morgan fingerprint density at radius 2 is 2.20 bits per heavy atom. The Kier molecular flexibility index (Phi) is 4.62. The molecule has 0 amide bonds. The zero-order chi connectivity index (χ0) is 13.2. The van der Waals surface area contributed by atoms with Gasteiger partial charge in [0.15, 0.2) is 12.2 Å². The van der Waals surface area contributed by atoms with E-state index in [0.29, 0.717) is 11.3 Å². The van der Waals surface area contributed by atoms with Gasteiger partial charge in [0.2, 0.25) is 0 Å². The Labute approximate surface area is 127 Å². The average Bonchev–Trinajstić information content (AvgIpc) is 2.88. The fourth-order valence-corrected chi connectivity index (χ4v) is 2.50. The van der Waals surface area contributed by atoms with Crippen LogP contribution in [0.1, 0.15) is 0 Å². The van der Waals surface area contributed by atoms with Crippen LogP contribution in [-0.4, -0.2) is 35.2 Å². The van der Waals surface area contributed by atoms with Crippen molar-refractivity contribution in [3.63, 3.8) is 0 Å². The molecule has 0 fully saturated rings. The number of nitrogens with one attached hydrogen (secondary N) is 1. The van der Waals surface area contributed by atoms with Gasteiger partial charge in [-0.3, -0.25) is 4.79 Å². The summed E-state index contributed by atoms with van der Waals surface area (Å²) in [6.45, 7) is 2.40. The number of aromatic nitrogens is 1. The van der Waals surface area contributed by atoms with E-state index in [0.717, 1.165) is 30.7 Å². The van der Waals surface area contributed by atoms with E-state index in [-0.39, 0.29) is 18.0 Å². The summed E-state index contributed by atoms with van der Waals surface area (Å²) in [5.74, 6) is 0.562. The van der Waals surface area contributed by atoms with Gasteiger partial charge in [-0.2, -0.15) is 4.70 Å². The molecular weight excluding hydrogens is 299 g/mol. The highest BCUT2D eigenvalue weighted by Crippen LogP contribution is 2.26. The Balaban J connectivity index is 0.00000147. The van der Waals surface area contributed by atoms with Crippen molar-refractivity contribution in [2.24, 2.45) is 5.22 Å². The van der Waals surface area contributed by atoms with Crippen molar-refractivity contribution < 1.29 is 17.1 Å². The van der Waals surface area contributed by atoms with Gasteiger partial charge in [0.1, 0.15) is 13.1 Å². The molecule has 3 rings (SSSR count). The molecule has 0 saturated carbocycles. The average molecular weight is 313 g/mol. The lowest BCUT2D eigenvalue weighted by Crippen LogP contribution is -3.00. The third-order valence-corrected chi connectivity index (χ3v) is 3.39. The van der Waals surface area contributed by atoms with Crippen molar-refractivity contribution >= 4 is 28.1 Å². The molecule has 1 aliphatic rings. The zero-order valence-electron chi connectivity index (χ0n) is 10.7. The number of fused-ring (bicyclic) bond motifs is 1. The van der Waals surface area contributed by atoms with Crippen molar-refractivity contribution in [1.82, 2.24) is 4.98 Å². The number of benzene rings is 1. The lowest BCUT2D eigenvalue weighted by Gasteiger charge is -2.06. The first-order valence-corrected chi connectivity index (χ1v) is 6.73. The standard InChI is InChI=1S/C13H13ClN4O.ClH/c14-5-7-17-8-9-18(16-17)12-3-1-2-11-10(12)4-6-15-13(11)19;/h1-4,6H,5,7-9H2;1H. The van der Waals surface area contributed by atoms with Crippen LogP contribution in [0.25, 0.3) is 10.8 Å². The van der Waals surface area contributed by atoms with E-state index in [2.05, 4.69) is 10.2 Å². The van der Waals surface area contributed by atoms with Gasteiger partial charge >= 0.3 is 0 Å². The number of hydrogen-bond acceptors (Lipinski definition) is 3. The summed E-state index contributed by atoms with van der Waals surface area (Å²) in [5.41, 5.74) is 0.886. The molecule has 0 saturated heterocycles. The minimum absolute atomic E-state index is 0. The number of H-pyrrole nitrogens is 1. The fraction of sp³-hybridized carbons (Fsp3) is 0.308. The number of hydrogen-bond donors (Lipinski definition) is 1. The Bertz CT molecular complexity index is 698. The Morgan fingerprint density at radius 3 is 3.00 bits per heavy atom. The van der Waals surface area contributed by atoms with E-state index in [1.54, 1.807) is 6.20 Å². The second-order valence-corrected chi connectivity index (χ2v) is 4.78. The summed E-state index contributed by atoms with van der Waals surface area (Å²) >= 11 is 5.73. The molecule has 0 unspecified atom stereocenters. The molecule has 1 aromatic carbocycles. The molecule has 1 aliphatic heterocycles. The van der Waals surface area contributed by atoms with Crippen LogP contribution in [-0.2, 0) is 0 Å². The number of aromatic amines is 1. The maximum atomic E-state index is 11.8. The molecule has 1 N–H and O–H groups in total. The Hall–Kier alpha value is -1.59. The minimum atomic E-state index is -0.0730. The van der Waals surface area contributed by atoms with Crippen LogP contribution in [0.3, 0.4) is 0 Å². The van der Waals surface area contributed by atoms with Crippen molar-refractivity contribution in [2.75, 3.05) is 30.5 Å². The molecule has 2 heterocycles. The summed E-state index contributed by atoms with van der Waals surface area (Å²) in [5, 5.41) is 8.03. The monoisotopic (exact) mass is 312 g/mol.